The molecule has 0 aromatic heterocycles. The molecule has 1 saturated heterocycles. The van der Waals surface area contributed by atoms with E-state index in [0.717, 1.165) is 38.0 Å². The molecule has 0 aromatic carbocycles. The van der Waals surface area contributed by atoms with Gasteiger partial charge in [-0.3, -0.25) is 9.59 Å². The van der Waals surface area contributed by atoms with Gasteiger partial charge in [-0.15, -0.1) is 0 Å². The highest BCUT2D eigenvalue weighted by Gasteiger charge is 2.54. The standard InChI is InChI=1S/C36H70O2P/c1-3-5-7-9-11-13-15-17-19-21-23-25-27-31-35(37)39(33-29-30-34-39)36(38)32-28-26-24-22-20-18-16-14-12-10-8-6-4-2/h3-34H2,1-2H3/q+1. The van der Waals surface area contributed by atoms with Crippen LogP contribution in [0.2, 0.25) is 0 Å². The quantitative estimate of drug-likeness (QED) is 0.0641. The van der Waals surface area contributed by atoms with E-state index in [-0.39, 0.29) is 0 Å². The molecule has 39 heavy (non-hydrogen) atoms. The second-order valence-corrected chi connectivity index (χ2v) is 16.7. The molecule has 230 valence electrons. The first kappa shape index (κ1) is 36.8. The zero-order chi connectivity index (χ0) is 28.3. The molecule has 0 unspecified atom stereocenters. The summed E-state index contributed by atoms with van der Waals surface area (Å²) >= 11 is 0. The summed E-state index contributed by atoms with van der Waals surface area (Å²) in [4.78, 5) is 26.5. The van der Waals surface area contributed by atoms with Gasteiger partial charge in [0, 0.05) is 12.8 Å². The summed E-state index contributed by atoms with van der Waals surface area (Å²) in [6.45, 7) is 4.57. The highest BCUT2D eigenvalue weighted by atomic mass is 31.2. The van der Waals surface area contributed by atoms with E-state index in [1.807, 2.05) is 0 Å². The van der Waals surface area contributed by atoms with Crippen LogP contribution < -0.4 is 0 Å². The highest BCUT2D eigenvalue weighted by molar-refractivity contribution is 8.04. The largest absolute Gasteiger partial charge is 0.276 e. The molecule has 0 saturated carbocycles. The van der Waals surface area contributed by atoms with Gasteiger partial charge in [0.25, 0.3) is 11.0 Å². The first-order valence-corrected chi connectivity index (χ1v) is 20.3. The van der Waals surface area contributed by atoms with Crippen LogP contribution in [-0.4, -0.2) is 23.4 Å². The SMILES string of the molecule is CCCCCCCCCCCCCCCC(=O)[P+]1(C(=O)CCCCCCCCCCCCCCC)CCCC1. The van der Waals surface area contributed by atoms with E-state index < -0.39 is 7.26 Å². The second-order valence-electron chi connectivity index (χ2n) is 12.9. The van der Waals surface area contributed by atoms with Crippen molar-refractivity contribution in [1.82, 2.24) is 0 Å². The predicted octanol–water partition coefficient (Wildman–Crippen LogP) is 12.8. The lowest BCUT2D eigenvalue weighted by Gasteiger charge is -2.18. The maximum absolute atomic E-state index is 13.3. The average Bonchev–Trinajstić information content (AvgIpc) is 3.45. The van der Waals surface area contributed by atoms with E-state index in [2.05, 4.69) is 13.8 Å². The third-order valence-electron chi connectivity index (χ3n) is 9.27. The van der Waals surface area contributed by atoms with E-state index in [9.17, 15) is 9.59 Å². The lowest BCUT2D eigenvalue weighted by molar-refractivity contribution is -0.114. The Morgan fingerprint density at radius 1 is 0.385 bits per heavy atom. The van der Waals surface area contributed by atoms with E-state index in [1.165, 1.54) is 154 Å². The number of hydrogen-bond donors (Lipinski definition) is 0. The Labute approximate surface area is 246 Å². The molecule has 1 aliphatic heterocycles. The number of unbranched alkanes of at least 4 members (excludes halogenated alkanes) is 24. The van der Waals surface area contributed by atoms with Gasteiger partial charge in [-0.25, -0.2) is 0 Å². The zero-order valence-electron chi connectivity index (χ0n) is 26.9. The van der Waals surface area contributed by atoms with Crippen molar-refractivity contribution in [3.8, 4) is 0 Å². The van der Waals surface area contributed by atoms with Gasteiger partial charge in [-0.2, -0.15) is 0 Å². The fraction of sp³-hybridized carbons (Fsp3) is 0.944. The molecule has 0 aliphatic carbocycles. The molecular formula is C36H70O2P+. The molecule has 0 atom stereocenters. The van der Waals surface area contributed by atoms with Crippen molar-refractivity contribution in [2.45, 2.75) is 206 Å². The van der Waals surface area contributed by atoms with Crippen molar-refractivity contribution in [3.63, 3.8) is 0 Å². The monoisotopic (exact) mass is 566 g/mol. The summed E-state index contributed by atoms with van der Waals surface area (Å²) in [5.74, 6) is 0. The first-order valence-electron chi connectivity index (χ1n) is 18.1. The summed E-state index contributed by atoms with van der Waals surface area (Å²) in [6.07, 6.45) is 40.2. The van der Waals surface area contributed by atoms with Crippen molar-refractivity contribution in [1.29, 1.82) is 0 Å². The van der Waals surface area contributed by atoms with Crippen LogP contribution in [0.15, 0.2) is 0 Å². The molecule has 0 N–H and O–H groups in total. The Kier molecular flexibility index (Phi) is 25.1. The van der Waals surface area contributed by atoms with Gasteiger partial charge in [0.15, 0.2) is 7.26 Å². The lowest BCUT2D eigenvalue weighted by Crippen LogP contribution is -2.18. The number of carbonyl (C=O) groups excluding carboxylic acids is 2. The Hall–Kier alpha value is -0.230. The molecule has 0 spiro atoms. The normalized spacial score (nSPS) is 14.7. The van der Waals surface area contributed by atoms with Crippen molar-refractivity contribution < 1.29 is 9.59 Å². The maximum Gasteiger partial charge on any atom is 0.276 e. The molecule has 1 fully saturated rings. The van der Waals surface area contributed by atoms with Crippen LogP contribution in [0, 0.1) is 0 Å². The fourth-order valence-corrected chi connectivity index (χ4v) is 10.7. The van der Waals surface area contributed by atoms with Crippen molar-refractivity contribution in [2.75, 3.05) is 12.3 Å². The number of rotatable bonds is 30. The third kappa shape index (κ3) is 18.7. The van der Waals surface area contributed by atoms with Gasteiger partial charge < -0.3 is 0 Å². The van der Waals surface area contributed by atoms with Gasteiger partial charge in [0.05, 0.1) is 12.3 Å². The van der Waals surface area contributed by atoms with Gasteiger partial charge in [-0.1, -0.05) is 168 Å². The molecule has 0 amide bonds. The van der Waals surface area contributed by atoms with E-state index in [1.54, 1.807) is 0 Å². The third-order valence-corrected chi connectivity index (χ3v) is 13.8. The van der Waals surface area contributed by atoms with E-state index in [4.69, 9.17) is 0 Å². The summed E-state index contributed by atoms with van der Waals surface area (Å²) in [6, 6.07) is 0. The summed E-state index contributed by atoms with van der Waals surface area (Å²) in [5, 5.41) is 0. The zero-order valence-corrected chi connectivity index (χ0v) is 27.8. The smallest absolute Gasteiger partial charge is 0.253 e. The Morgan fingerprint density at radius 3 is 0.872 bits per heavy atom. The van der Waals surface area contributed by atoms with Crippen LogP contribution in [0.5, 0.6) is 0 Å². The molecule has 0 aromatic rings. The van der Waals surface area contributed by atoms with Gasteiger partial charge in [-0.05, 0) is 25.7 Å². The molecule has 0 bridgehead atoms. The predicted molar refractivity (Wildman–Crippen MR) is 177 cm³/mol. The van der Waals surface area contributed by atoms with E-state index in [0.29, 0.717) is 23.9 Å². The van der Waals surface area contributed by atoms with Crippen LogP contribution in [0.3, 0.4) is 0 Å². The number of hydrogen-bond acceptors (Lipinski definition) is 2. The topological polar surface area (TPSA) is 34.1 Å². The Bertz CT molecular complexity index is 522. The van der Waals surface area contributed by atoms with Crippen LogP contribution in [0.4, 0.5) is 0 Å². The number of carbonyl (C=O) groups is 2. The molecule has 1 rings (SSSR count). The van der Waals surface area contributed by atoms with Crippen LogP contribution in [-0.2, 0) is 9.59 Å². The molecule has 2 nitrogen and oxygen atoms in total. The van der Waals surface area contributed by atoms with Crippen LogP contribution >= 0.6 is 7.26 Å². The minimum atomic E-state index is -1.98. The van der Waals surface area contributed by atoms with E-state index >= 15 is 0 Å². The van der Waals surface area contributed by atoms with Gasteiger partial charge in [0.2, 0.25) is 0 Å². The molecular weight excluding hydrogens is 495 g/mol. The molecule has 3 heteroatoms. The molecule has 0 radical (unpaired) electrons. The minimum Gasteiger partial charge on any atom is -0.253 e. The van der Waals surface area contributed by atoms with Crippen molar-refractivity contribution >= 4 is 18.3 Å². The summed E-state index contributed by atoms with van der Waals surface area (Å²) in [5.41, 5.74) is 0.811. The molecule has 1 aliphatic rings. The molecule has 1 heterocycles. The summed E-state index contributed by atoms with van der Waals surface area (Å²) < 4.78 is 0. The Morgan fingerprint density at radius 2 is 0.615 bits per heavy atom. The van der Waals surface area contributed by atoms with Crippen molar-refractivity contribution in [3.05, 3.63) is 0 Å². The Balaban J connectivity index is 2.04. The summed E-state index contributed by atoms with van der Waals surface area (Å²) in [7, 11) is -1.98. The fourth-order valence-electron chi connectivity index (χ4n) is 6.53. The van der Waals surface area contributed by atoms with Crippen LogP contribution in [0.1, 0.15) is 206 Å². The second kappa shape index (κ2) is 26.7. The van der Waals surface area contributed by atoms with Gasteiger partial charge in [0.1, 0.15) is 0 Å². The average molecular weight is 566 g/mol. The maximum atomic E-state index is 13.3. The minimum absolute atomic E-state index is 0.405. The van der Waals surface area contributed by atoms with Gasteiger partial charge >= 0.3 is 0 Å². The van der Waals surface area contributed by atoms with Crippen molar-refractivity contribution in [2.24, 2.45) is 0 Å². The highest BCUT2D eigenvalue weighted by Crippen LogP contribution is 2.66. The first-order chi connectivity index (χ1) is 19.2. The van der Waals surface area contributed by atoms with Crippen LogP contribution in [0.25, 0.3) is 0 Å². The lowest BCUT2D eigenvalue weighted by atomic mass is 10.0.